The van der Waals surface area contributed by atoms with Gasteiger partial charge in [-0.2, -0.15) is 5.10 Å². The molecule has 2 aromatic rings. The Balaban J connectivity index is 2.16. The van der Waals surface area contributed by atoms with Crippen LogP contribution in [0.4, 0.5) is 0 Å². The zero-order chi connectivity index (χ0) is 13.0. The van der Waals surface area contributed by atoms with Gasteiger partial charge in [-0.3, -0.25) is 4.68 Å². The maximum Gasteiger partial charge on any atom is 0.0662 e. The number of nitrogens with zero attached hydrogens (tertiary/aromatic N) is 2. The maximum absolute atomic E-state index is 4.49. The molecule has 1 aromatic heterocycles. The van der Waals surface area contributed by atoms with Crippen molar-refractivity contribution in [3.05, 3.63) is 53.3 Å². The van der Waals surface area contributed by atoms with Crippen molar-refractivity contribution in [2.75, 3.05) is 6.54 Å². The Morgan fingerprint density at radius 1 is 1.28 bits per heavy atom. The van der Waals surface area contributed by atoms with Gasteiger partial charge in [0.1, 0.15) is 0 Å². The molecule has 0 aliphatic carbocycles. The molecule has 0 aliphatic heterocycles. The predicted molar refractivity (Wildman–Crippen MR) is 74.6 cm³/mol. The highest BCUT2D eigenvalue weighted by molar-refractivity contribution is 5.22. The van der Waals surface area contributed by atoms with Crippen LogP contribution >= 0.6 is 0 Å². The molecule has 1 N–H and O–H groups in total. The lowest BCUT2D eigenvalue weighted by atomic mass is 10.1. The van der Waals surface area contributed by atoms with Gasteiger partial charge in [-0.05, 0) is 26.0 Å². The summed E-state index contributed by atoms with van der Waals surface area (Å²) in [6, 6.07) is 10.8. The third-order valence-corrected chi connectivity index (χ3v) is 3.29. The number of hydrogen-bond donors (Lipinski definition) is 1. The standard InChI is InChI=1S/C15H21N3/c1-4-16-12(2)15-10-17-18(13(15)3)11-14-8-6-5-7-9-14/h5-10,12,16H,4,11H2,1-3H3. The largest absolute Gasteiger partial charge is 0.310 e. The average Bonchev–Trinajstić information content (AvgIpc) is 2.73. The van der Waals surface area contributed by atoms with E-state index in [0.29, 0.717) is 6.04 Å². The van der Waals surface area contributed by atoms with Crippen molar-refractivity contribution in [1.29, 1.82) is 0 Å². The van der Waals surface area contributed by atoms with Gasteiger partial charge in [0.15, 0.2) is 0 Å². The van der Waals surface area contributed by atoms with Gasteiger partial charge in [-0.25, -0.2) is 0 Å². The highest BCUT2D eigenvalue weighted by Gasteiger charge is 2.12. The molecule has 0 fully saturated rings. The van der Waals surface area contributed by atoms with Crippen LogP contribution in [0.25, 0.3) is 0 Å². The van der Waals surface area contributed by atoms with Crippen LogP contribution in [0, 0.1) is 6.92 Å². The maximum atomic E-state index is 4.49. The van der Waals surface area contributed by atoms with Crippen LogP contribution in [0.15, 0.2) is 36.5 Å². The van der Waals surface area contributed by atoms with Gasteiger partial charge < -0.3 is 5.32 Å². The molecule has 18 heavy (non-hydrogen) atoms. The molecule has 0 radical (unpaired) electrons. The van der Waals surface area contributed by atoms with E-state index in [-0.39, 0.29) is 0 Å². The van der Waals surface area contributed by atoms with Crippen LogP contribution in [0.1, 0.15) is 36.7 Å². The van der Waals surface area contributed by atoms with Crippen LogP contribution in [0.5, 0.6) is 0 Å². The molecule has 2 rings (SSSR count). The van der Waals surface area contributed by atoms with Gasteiger partial charge in [0, 0.05) is 17.3 Å². The first-order valence-electron chi connectivity index (χ1n) is 6.52. The highest BCUT2D eigenvalue weighted by Crippen LogP contribution is 2.17. The molecule has 0 amide bonds. The molecular formula is C15H21N3. The summed E-state index contributed by atoms with van der Waals surface area (Å²) >= 11 is 0. The first kappa shape index (κ1) is 12.8. The highest BCUT2D eigenvalue weighted by atomic mass is 15.3. The monoisotopic (exact) mass is 243 g/mol. The van der Waals surface area contributed by atoms with E-state index < -0.39 is 0 Å². The number of benzene rings is 1. The minimum Gasteiger partial charge on any atom is -0.310 e. The Morgan fingerprint density at radius 2 is 2.00 bits per heavy atom. The van der Waals surface area contributed by atoms with Crippen molar-refractivity contribution in [2.24, 2.45) is 0 Å². The molecule has 0 aliphatic rings. The second kappa shape index (κ2) is 5.83. The minimum atomic E-state index is 0.361. The average molecular weight is 243 g/mol. The Hall–Kier alpha value is -1.61. The van der Waals surface area contributed by atoms with Crippen molar-refractivity contribution >= 4 is 0 Å². The third-order valence-electron chi connectivity index (χ3n) is 3.29. The van der Waals surface area contributed by atoms with E-state index in [1.54, 1.807) is 0 Å². The smallest absolute Gasteiger partial charge is 0.0662 e. The Morgan fingerprint density at radius 3 is 2.67 bits per heavy atom. The molecule has 0 spiro atoms. The van der Waals surface area contributed by atoms with Crippen molar-refractivity contribution in [1.82, 2.24) is 15.1 Å². The second-order valence-corrected chi connectivity index (χ2v) is 4.61. The number of nitrogens with one attached hydrogen (secondary N) is 1. The number of hydrogen-bond acceptors (Lipinski definition) is 2. The summed E-state index contributed by atoms with van der Waals surface area (Å²) in [5.74, 6) is 0. The fraction of sp³-hybridized carbons (Fsp3) is 0.400. The molecule has 1 heterocycles. The lowest BCUT2D eigenvalue weighted by Crippen LogP contribution is -2.18. The Bertz CT molecular complexity index is 488. The summed E-state index contributed by atoms with van der Waals surface area (Å²) in [7, 11) is 0. The van der Waals surface area contributed by atoms with E-state index in [4.69, 9.17) is 0 Å². The summed E-state index contributed by atoms with van der Waals surface area (Å²) in [6.07, 6.45) is 1.98. The van der Waals surface area contributed by atoms with E-state index in [0.717, 1.165) is 13.1 Å². The fourth-order valence-electron chi connectivity index (χ4n) is 2.22. The zero-order valence-electron chi connectivity index (χ0n) is 11.4. The molecule has 96 valence electrons. The summed E-state index contributed by atoms with van der Waals surface area (Å²) in [6.45, 7) is 8.26. The van der Waals surface area contributed by atoms with Crippen LogP contribution < -0.4 is 5.32 Å². The molecule has 1 unspecified atom stereocenters. The predicted octanol–water partition coefficient (Wildman–Crippen LogP) is 2.91. The van der Waals surface area contributed by atoms with Gasteiger partial charge in [-0.1, -0.05) is 37.3 Å². The SMILES string of the molecule is CCNC(C)c1cnn(Cc2ccccc2)c1C. The van der Waals surface area contributed by atoms with Crippen LogP contribution in [-0.4, -0.2) is 16.3 Å². The second-order valence-electron chi connectivity index (χ2n) is 4.61. The summed E-state index contributed by atoms with van der Waals surface area (Å²) < 4.78 is 2.07. The van der Waals surface area contributed by atoms with E-state index >= 15 is 0 Å². The lowest BCUT2D eigenvalue weighted by molar-refractivity contribution is 0.590. The van der Waals surface area contributed by atoms with Crippen LogP contribution in [-0.2, 0) is 6.54 Å². The minimum absolute atomic E-state index is 0.361. The van der Waals surface area contributed by atoms with E-state index in [1.165, 1.54) is 16.8 Å². The quantitative estimate of drug-likeness (QED) is 0.875. The zero-order valence-corrected chi connectivity index (χ0v) is 11.4. The molecule has 3 heteroatoms. The topological polar surface area (TPSA) is 29.9 Å². The molecule has 1 atom stereocenters. The van der Waals surface area contributed by atoms with Crippen LogP contribution in [0.2, 0.25) is 0 Å². The van der Waals surface area contributed by atoms with Gasteiger partial charge in [-0.15, -0.1) is 0 Å². The van der Waals surface area contributed by atoms with Crippen molar-refractivity contribution in [2.45, 2.75) is 33.4 Å². The van der Waals surface area contributed by atoms with E-state index in [9.17, 15) is 0 Å². The first-order chi connectivity index (χ1) is 8.72. The molecule has 1 aromatic carbocycles. The molecule has 0 bridgehead atoms. The molecule has 3 nitrogen and oxygen atoms in total. The summed E-state index contributed by atoms with van der Waals surface area (Å²) in [4.78, 5) is 0. The van der Waals surface area contributed by atoms with Crippen molar-refractivity contribution in [3.8, 4) is 0 Å². The normalized spacial score (nSPS) is 12.6. The van der Waals surface area contributed by atoms with Crippen LogP contribution in [0.3, 0.4) is 0 Å². The third kappa shape index (κ3) is 2.79. The number of aromatic nitrogens is 2. The lowest BCUT2D eigenvalue weighted by Gasteiger charge is -2.12. The number of rotatable bonds is 5. The van der Waals surface area contributed by atoms with Gasteiger partial charge in [0.2, 0.25) is 0 Å². The van der Waals surface area contributed by atoms with Crippen molar-refractivity contribution in [3.63, 3.8) is 0 Å². The molecular weight excluding hydrogens is 222 g/mol. The summed E-state index contributed by atoms with van der Waals surface area (Å²) in [5, 5.41) is 7.92. The van der Waals surface area contributed by atoms with Crippen molar-refractivity contribution < 1.29 is 0 Å². The molecule has 0 saturated carbocycles. The Labute approximate surface area is 109 Å². The van der Waals surface area contributed by atoms with E-state index in [2.05, 4.69) is 60.1 Å². The van der Waals surface area contributed by atoms with Gasteiger partial charge in [0.25, 0.3) is 0 Å². The first-order valence-corrected chi connectivity index (χ1v) is 6.52. The fourth-order valence-corrected chi connectivity index (χ4v) is 2.22. The van der Waals surface area contributed by atoms with Gasteiger partial charge >= 0.3 is 0 Å². The molecule has 0 saturated heterocycles. The summed E-state index contributed by atoms with van der Waals surface area (Å²) in [5.41, 5.74) is 3.81. The van der Waals surface area contributed by atoms with Gasteiger partial charge in [0.05, 0.1) is 12.7 Å². The Kier molecular flexibility index (Phi) is 4.15. The van der Waals surface area contributed by atoms with E-state index in [1.807, 2.05) is 12.3 Å².